The summed E-state index contributed by atoms with van der Waals surface area (Å²) in [6, 6.07) is 10.8. The molecule has 0 amide bonds. The van der Waals surface area contributed by atoms with Crippen molar-refractivity contribution in [2.45, 2.75) is 31.2 Å². The van der Waals surface area contributed by atoms with Gasteiger partial charge in [0.15, 0.2) is 0 Å². The maximum absolute atomic E-state index is 12.5. The molecule has 1 atom stereocenters. The third-order valence-corrected chi connectivity index (χ3v) is 7.37. The first-order valence-electron chi connectivity index (χ1n) is 9.65. The van der Waals surface area contributed by atoms with Crippen LogP contribution in [0.2, 0.25) is 0 Å². The molecule has 0 radical (unpaired) electrons. The van der Waals surface area contributed by atoms with E-state index in [0.717, 1.165) is 36.4 Å². The van der Waals surface area contributed by atoms with Crippen LogP contribution < -0.4 is 4.72 Å². The van der Waals surface area contributed by atoms with E-state index in [1.807, 2.05) is 36.6 Å². The number of aryl methyl sites for hydroxylation is 1. The van der Waals surface area contributed by atoms with Gasteiger partial charge in [0.2, 0.25) is 21.7 Å². The van der Waals surface area contributed by atoms with Gasteiger partial charge in [0.1, 0.15) is 0 Å². The summed E-state index contributed by atoms with van der Waals surface area (Å²) in [6.07, 6.45) is 2.01. The van der Waals surface area contributed by atoms with Crippen LogP contribution in [0.3, 0.4) is 0 Å². The molecular weight excluding hydrogens is 408 g/mol. The molecule has 1 aromatic carbocycles. The number of hydrogen-bond acceptors (Lipinski definition) is 7. The zero-order valence-electron chi connectivity index (χ0n) is 16.2. The number of thiophene rings is 1. The standard InChI is InChI=1S/C20H24N4O3S2/c1-15-6-8-17(9-7-15)29(25,26)21-12-16-4-2-10-24(13-16)14-19-22-20(23-27-19)18-5-3-11-28-18/h3,5-9,11,16,21H,2,4,10,12-14H2,1H3. The van der Waals surface area contributed by atoms with Crippen molar-refractivity contribution in [3.8, 4) is 10.7 Å². The molecule has 4 rings (SSSR count). The molecule has 0 saturated carbocycles. The molecule has 0 aliphatic carbocycles. The Kier molecular flexibility index (Phi) is 6.09. The van der Waals surface area contributed by atoms with E-state index in [4.69, 9.17) is 4.52 Å². The van der Waals surface area contributed by atoms with Crippen molar-refractivity contribution in [2.24, 2.45) is 5.92 Å². The summed E-state index contributed by atoms with van der Waals surface area (Å²) in [7, 11) is -3.48. The number of aromatic nitrogens is 2. The first-order valence-corrected chi connectivity index (χ1v) is 12.0. The Morgan fingerprint density at radius 3 is 2.86 bits per heavy atom. The van der Waals surface area contributed by atoms with Gasteiger partial charge in [-0.3, -0.25) is 4.90 Å². The molecule has 1 N–H and O–H groups in total. The average molecular weight is 433 g/mol. The molecule has 3 heterocycles. The van der Waals surface area contributed by atoms with Gasteiger partial charge in [-0.1, -0.05) is 28.9 Å². The number of benzene rings is 1. The van der Waals surface area contributed by atoms with E-state index < -0.39 is 10.0 Å². The van der Waals surface area contributed by atoms with Crippen molar-refractivity contribution in [2.75, 3.05) is 19.6 Å². The molecule has 1 aliphatic rings. The molecule has 1 unspecified atom stereocenters. The van der Waals surface area contributed by atoms with Crippen LogP contribution in [-0.4, -0.2) is 43.1 Å². The van der Waals surface area contributed by atoms with Crippen molar-refractivity contribution in [1.82, 2.24) is 19.8 Å². The van der Waals surface area contributed by atoms with Crippen LogP contribution >= 0.6 is 11.3 Å². The Morgan fingerprint density at radius 2 is 2.10 bits per heavy atom. The number of nitrogens with one attached hydrogen (secondary N) is 1. The van der Waals surface area contributed by atoms with Gasteiger partial charge < -0.3 is 4.52 Å². The van der Waals surface area contributed by atoms with E-state index in [9.17, 15) is 8.42 Å². The highest BCUT2D eigenvalue weighted by atomic mass is 32.2. The average Bonchev–Trinajstić information content (AvgIpc) is 3.39. The Bertz CT molecular complexity index is 1030. The first-order chi connectivity index (χ1) is 14.0. The fourth-order valence-corrected chi connectivity index (χ4v) is 5.27. The highest BCUT2D eigenvalue weighted by molar-refractivity contribution is 7.89. The van der Waals surface area contributed by atoms with Gasteiger partial charge in [-0.15, -0.1) is 11.3 Å². The fraction of sp³-hybridized carbons (Fsp3) is 0.400. The minimum atomic E-state index is -3.48. The SMILES string of the molecule is Cc1ccc(S(=O)(=O)NCC2CCCN(Cc3nc(-c4cccs4)no3)C2)cc1. The number of rotatable bonds is 7. The normalized spacial score (nSPS) is 18.2. The molecule has 1 saturated heterocycles. The number of piperidine rings is 1. The highest BCUT2D eigenvalue weighted by Gasteiger charge is 2.24. The van der Waals surface area contributed by atoms with Gasteiger partial charge in [-0.05, 0) is 55.8 Å². The molecule has 0 bridgehead atoms. The third-order valence-electron chi connectivity index (χ3n) is 5.06. The van der Waals surface area contributed by atoms with E-state index in [1.165, 1.54) is 0 Å². The van der Waals surface area contributed by atoms with Gasteiger partial charge in [-0.2, -0.15) is 4.98 Å². The molecular formula is C20H24N4O3S2. The summed E-state index contributed by atoms with van der Waals surface area (Å²) in [5.41, 5.74) is 1.04. The van der Waals surface area contributed by atoms with E-state index in [2.05, 4.69) is 19.8 Å². The lowest BCUT2D eigenvalue weighted by molar-refractivity contribution is 0.151. The summed E-state index contributed by atoms with van der Waals surface area (Å²) in [5, 5.41) is 6.04. The second-order valence-corrected chi connectivity index (χ2v) is 10.1. The minimum Gasteiger partial charge on any atom is -0.338 e. The quantitative estimate of drug-likeness (QED) is 0.616. The summed E-state index contributed by atoms with van der Waals surface area (Å²) in [5.74, 6) is 1.47. The maximum Gasteiger partial charge on any atom is 0.241 e. The maximum atomic E-state index is 12.5. The van der Waals surface area contributed by atoms with E-state index in [1.54, 1.807) is 23.5 Å². The molecule has 3 aromatic rings. The van der Waals surface area contributed by atoms with E-state index in [0.29, 0.717) is 29.7 Å². The van der Waals surface area contributed by atoms with Gasteiger partial charge in [0.25, 0.3) is 0 Å². The third kappa shape index (κ3) is 5.11. The van der Waals surface area contributed by atoms with Crippen LogP contribution in [0.25, 0.3) is 10.7 Å². The van der Waals surface area contributed by atoms with Crippen LogP contribution in [0.15, 0.2) is 51.2 Å². The number of sulfonamides is 1. The summed E-state index contributed by atoms with van der Waals surface area (Å²) >= 11 is 1.58. The Hall–Kier alpha value is -2.07. The van der Waals surface area contributed by atoms with Crippen molar-refractivity contribution in [1.29, 1.82) is 0 Å². The lowest BCUT2D eigenvalue weighted by atomic mass is 9.98. The largest absolute Gasteiger partial charge is 0.338 e. The Labute approximate surface area is 174 Å². The lowest BCUT2D eigenvalue weighted by Crippen LogP contribution is -2.40. The first kappa shape index (κ1) is 20.2. The molecule has 2 aromatic heterocycles. The van der Waals surface area contributed by atoms with Crippen molar-refractivity contribution >= 4 is 21.4 Å². The van der Waals surface area contributed by atoms with Crippen LogP contribution in [0.1, 0.15) is 24.3 Å². The van der Waals surface area contributed by atoms with Gasteiger partial charge in [-0.25, -0.2) is 13.1 Å². The molecule has 154 valence electrons. The number of likely N-dealkylation sites (tertiary alicyclic amines) is 1. The van der Waals surface area contributed by atoms with E-state index >= 15 is 0 Å². The van der Waals surface area contributed by atoms with Crippen molar-refractivity contribution < 1.29 is 12.9 Å². The highest BCUT2D eigenvalue weighted by Crippen LogP contribution is 2.23. The monoisotopic (exact) mass is 432 g/mol. The van der Waals surface area contributed by atoms with Crippen LogP contribution in [0, 0.1) is 12.8 Å². The molecule has 0 spiro atoms. The van der Waals surface area contributed by atoms with Crippen LogP contribution in [0.4, 0.5) is 0 Å². The molecule has 7 nitrogen and oxygen atoms in total. The predicted octanol–water partition coefficient (Wildman–Crippen LogP) is 3.30. The zero-order chi connectivity index (χ0) is 20.3. The van der Waals surface area contributed by atoms with Gasteiger partial charge in [0.05, 0.1) is 16.3 Å². The van der Waals surface area contributed by atoms with Crippen LogP contribution in [0.5, 0.6) is 0 Å². The van der Waals surface area contributed by atoms with Gasteiger partial charge >= 0.3 is 0 Å². The minimum absolute atomic E-state index is 0.253. The topological polar surface area (TPSA) is 88.3 Å². The van der Waals surface area contributed by atoms with Crippen LogP contribution in [-0.2, 0) is 16.6 Å². The number of hydrogen-bond donors (Lipinski definition) is 1. The summed E-state index contributed by atoms with van der Waals surface area (Å²) < 4.78 is 33.2. The lowest BCUT2D eigenvalue weighted by Gasteiger charge is -2.31. The van der Waals surface area contributed by atoms with Crippen molar-refractivity contribution in [3.05, 3.63) is 53.2 Å². The van der Waals surface area contributed by atoms with E-state index in [-0.39, 0.29) is 5.92 Å². The van der Waals surface area contributed by atoms with Gasteiger partial charge in [0, 0.05) is 13.1 Å². The second kappa shape index (κ2) is 8.74. The predicted molar refractivity (Wildman–Crippen MR) is 112 cm³/mol. The Morgan fingerprint density at radius 1 is 1.28 bits per heavy atom. The smallest absolute Gasteiger partial charge is 0.241 e. The molecule has 1 aliphatic heterocycles. The number of nitrogens with zero attached hydrogens (tertiary/aromatic N) is 3. The zero-order valence-corrected chi connectivity index (χ0v) is 17.9. The Balaban J connectivity index is 1.32. The summed E-state index contributed by atoms with van der Waals surface area (Å²) in [4.78, 5) is 8.03. The van der Waals surface area contributed by atoms with Crippen molar-refractivity contribution in [3.63, 3.8) is 0 Å². The summed E-state index contributed by atoms with van der Waals surface area (Å²) in [6.45, 7) is 4.69. The molecule has 9 heteroatoms. The molecule has 29 heavy (non-hydrogen) atoms. The fourth-order valence-electron chi connectivity index (χ4n) is 3.51. The molecule has 1 fully saturated rings. The second-order valence-electron chi connectivity index (χ2n) is 7.40.